The third-order valence-electron chi connectivity index (χ3n) is 2.98. The van der Waals surface area contributed by atoms with Crippen LogP contribution in [0.15, 0.2) is 65.2 Å². The maximum absolute atomic E-state index is 12.1. The van der Waals surface area contributed by atoms with E-state index < -0.39 is 16.0 Å². The van der Waals surface area contributed by atoms with Gasteiger partial charge in [0.25, 0.3) is 16.0 Å². The van der Waals surface area contributed by atoms with Gasteiger partial charge in [-0.25, -0.2) is 0 Å². The number of carbonyl (C=O) groups is 1. The van der Waals surface area contributed by atoms with Gasteiger partial charge >= 0.3 is 0 Å². The molecule has 0 aliphatic rings. The number of phenols is 1. The predicted molar refractivity (Wildman–Crippen MR) is 90.3 cm³/mol. The Hall–Kier alpha value is -3.35. The van der Waals surface area contributed by atoms with Crippen molar-refractivity contribution in [3.05, 3.63) is 60.3 Å². The molecule has 128 valence electrons. The molecular formula is C16H13N3O5S. The van der Waals surface area contributed by atoms with E-state index in [0.717, 1.165) is 18.3 Å². The monoisotopic (exact) mass is 359 g/mol. The van der Waals surface area contributed by atoms with E-state index in [-0.39, 0.29) is 21.9 Å². The van der Waals surface area contributed by atoms with Crippen LogP contribution in [0.5, 0.6) is 5.75 Å². The molecule has 2 rings (SSSR count). The largest absolute Gasteiger partial charge is 0.508 e. The van der Waals surface area contributed by atoms with Crippen molar-refractivity contribution in [1.82, 2.24) is 0 Å². The first-order valence-corrected chi connectivity index (χ1v) is 8.28. The first-order chi connectivity index (χ1) is 11.8. The Labute approximate surface area is 143 Å². The number of rotatable bonds is 5. The SMILES string of the molecule is N#C/C(=C/Nc1cccc(O)c1)C(=O)Nc1cccc(S(=O)(=O)O)c1. The summed E-state index contributed by atoms with van der Waals surface area (Å²) in [5, 5.41) is 23.5. The Morgan fingerprint density at radius 1 is 1.12 bits per heavy atom. The van der Waals surface area contributed by atoms with Gasteiger partial charge in [-0.2, -0.15) is 13.7 Å². The minimum atomic E-state index is -4.40. The lowest BCUT2D eigenvalue weighted by atomic mass is 10.2. The van der Waals surface area contributed by atoms with Crippen molar-refractivity contribution < 1.29 is 22.9 Å². The summed E-state index contributed by atoms with van der Waals surface area (Å²) in [5.41, 5.74) is 0.285. The normalized spacial score (nSPS) is 11.4. The topological polar surface area (TPSA) is 140 Å². The molecule has 4 N–H and O–H groups in total. The molecule has 0 heterocycles. The van der Waals surface area contributed by atoms with Gasteiger partial charge in [0.1, 0.15) is 17.4 Å². The Bertz CT molecular complexity index is 977. The van der Waals surface area contributed by atoms with E-state index in [9.17, 15) is 18.3 Å². The first kappa shape index (κ1) is 18.0. The van der Waals surface area contributed by atoms with Gasteiger partial charge in [-0.05, 0) is 30.3 Å². The van der Waals surface area contributed by atoms with Crippen LogP contribution in [0.3, 0.4) is 0 Å². The molecule has 0 radical (unpaired) electrons. The molecule has 0 spiro atoms. The lowest BCUT2D eigenvalue weighted by Crippen LogP contribution is -2.15. The second-order valence-corrected chi connectivity index (χ2v) is 6.24. The smallest absolute Gasteiger partial charge is 0.294 e. The van der Waals surface area contributed by atoms with Crippen LogP contribution in [0.2, 0.25) is 0 Å². The zero-order chi connectivity index (χ0) is 18.4. The molecule has 8 nitrogen and oxygen atoms in total. The van der Waals surface area contributed by atoms with Gasteiger partial charge < -0.3 is 15.7 Å². The standard InChI is InChI=1S/C16H13N3O5S/c17-9-11(10-18-12-3-1-5-14(20)7-12)16(21)19-13-4-2-6-15(8-13)25(22,23)24/h1-8,10,18,20H,(H,19,21)(H,22,23,24)/b11-10-. The summed E-state index contributed by atoms with van der Waals surface area (Å²) in [6, 6.07) is 12.7. The van der Waals surface area contributed by atoms with Crippen molar-refractivity contribution in [1.29, 1.82) is 5.26 Å². The predicted octanol–water partition coefficient (Wildman–Crippen LogP) is 2.10. The third kappa shape index (κ3) is 5.07. The summed E-state index contributed by atoms with van der Waals surface area (Å²) in [4.78, 5) is 11.7. The van der Waals surface area contributed by atoms with Crippen molar-refractivity contribution in [3.63, 3.8) is 0 Å². The van der Waals surface area contributed by atoms with Crippen molar-refractivity contribution in [2.24, 2.45) is 0 Å². The molecule has 0 saturated heterocycles. The fraction of sp³-hybridized carbons (Fsp3) is 0. The number of nitriles is 1. The Morgan fingerprint density at radius 3 is 2.44 bits per heavy atom. The lowest BCUT2D eigenvalue weighted by Gasteiger charge is -2.06. The van der Waals surface area contributed by atoms with Crippen LogP contribution in [-0.4, -0.2) is 24.0 Å². The van der Waals surface area contributed by atoms with E-state index in [0.29, 0.717) is 5.69 Å². The second kappa shape index (κ2) is 7.48. The summed E-state index contributed by atoms with van der Waals surface area (Å²) in [5.74, 6) is -0.758. The van der Waals surface area contributed by atoms with Gasteiger partial charge in [0.15, 0.2) is 0 Å². The quantitative estimate of drug-likeness (QED) is 0.364. The van der Waals surface area contributed by atoms with E-state index in [1.54, 1.807) is 18.2 Å². The highest BCUT2D eigenvalue weighted by molar-refractivity contribution is 7.85. The number of aromatic hydroxyl groups is 1. The van der Waals surface area contributed by atoms with E-state index in [1.165, 1.54) is 24.3 Å². The number of hydrogen-bond donors (Lipinski definition) is 4. The van der Waals surface area contributed by atoms with E-state index in [1.807, 2.05) is 0 Å². The molecule has 0 aliphatic carbocycles. The molecule has 25 heavy (non-hydrogen) atoms. The molecule has 9 heteroatoms. The summed E-state index contributed by atoms with van der Waals surface area (Å²) < 4.78 is 31.2. The number of hydrogen-bond acceptors (Lipinski definition) is 6. The Kier molecular flexibility index (Phi) is 5.38. The average molecular weight is 359 g/mol. The molecule has 0 aliphatic heterocycles. The van der Waals surface area contributed by atoms with Crippen LogP contribution in [0.1, 0.15) is 0 Å². The average Bonchev–Trinajstić information content (AvgIpc) is 2.55. The number of phenolic OH excluding ortho intramolecular Hbond substituents is 1. The van der Waals surface area contributed by atoms with E-state index >= 15 is 0 Å². The Balaban J connectivity index is 2.15. The summed E-state index contributed by atoms with van der Waals surface area (Å²) >= 11 is 0. The minimum Gasteiger partial charge on any atom is -0.508 e. The number of nitrogens with zero attached hydrogens (tertiary/aromatic N) is 1. The van der Waals surface area contributed by atoms with Crippen LogP contribution in [0, 0.1) is 11.3 Å². The molecule has 0 bridgehead atoms. The summed E-state index contributed by atoms with van der Waals surface area (Å²) in [7, 11) is -4.40. The molecule has 2 aromatic rings. The zero-order valence-corrected chi connectivity index (χ0v) is 13.5. The van der Waals surface area contributed by atoms with Crippen LogP contribution in [0.4, 0.5) is 11.4 Å². The molecule has 2 aromatic carbocycles. The van der Waals surface area contributed by atoms with Crippen molar-refractivity contribution >= 4 is 27.4 Å². The maximum Gasteiger partial charge on any atom is 0.294 e. The van der Waals surface area contributed by atoms with Crippen molar-refractivity contribution in [2.45, 2.75) is 4.90 Å². The van der Waals surface area contributed by atoms with Gasteiger partial charge in [0, 0.05) is 23.6 Å². The Morgan fingerprint density at radius 2 is 1.80 bits per heavy atom. The molecule has 0 saturated carbocycles. The summed E-state index contributed by atoms with van der Waals surface area (Å²) in [6.07, 6.45) is 1.15. The fourth-order valence-corrected chi connectivity index (χ4v) is 2.36. The van der Waals surface area contributed by atoms with Crippen LogP contribution < -0.4 is 10.6 Å². The third-order valence-corrected chi connectivity index (χ3v) is 3.83. The highest BCUT2D eigenvalue weighted by atomic mass is 32.2. The molecule has 0 aromatic heterocycles. The first-order valence-electron chi connectivity index (χ1n) is 6.84. The maximum atomic E-state index is 12.1. The number of anilines is 2. The van der Waals surface area contributed by atoms with Gasteiger partial charge in [0.05, 0.1) is 4.90 Å². The number of nitrogens with one attached hydrogen (secondary N) is 2. The van der Waals surface area contributed by atoms with Crippen LogP contribution in [0.25, 0.3) is 0 Å². The molecule has 1 amide bonds. The van der Waals surface area contributed by atoms with Gasteiger partial charge in [-0.1, -0.05) is 12.1 Å². The lowest BCUT2D eigenvalue weighted by molar-refractivity contribution is -0.112. The van der Waals surface area contributed by atoms with Crippen LogP contribution in [-0.2, 0) is 14.9 Å². The van der Waals surface area contributed by atoms with Crippen LogP contribution >= 0.6 is 0 Å². The van der Waals surface area contributed by atoms with Gasteiger partial charge in [-0.3, -0.25) is 9.35 Å². The zero-order valence-electron chi connectivity index (χ0n) is 12.7. The molecule has 0 atom stereocenters. The highest BCUT2D eigenvalue weighted by Crippen LogP contribution is 2.17. The summed E-state index contributed by atoms with van der Waals surface area (Å²) in [6.45, 7) is 0. The molecule has 0 fully saturated rings. The van der Waals surface area contributed by atoms with E-state index in [4.69, 9.17) is 9.81 Å². The number of carbonyl (C=O) groups excluding carboxylic acids is 1. The molecule has 0 unspecified atom stereocenters. The number of amides is 1. The van der Waals surface area contributed by atoms with Gasteiger partial charge in [-0.15, -0.1) is 0 Å². The highest BCUT2D eigenvalue weighted by Gasteiger charge is 2.13. The second-order valence-electron chi connectivity index (χ2n) is 4.82. The van der Waals surface area contributed by atoms with E-state index in [2.05, 4.69) is 10.6 Å². The molecular weight excluding hydrogens is 346 g/mol. The fourth-order valence-electron chi connectivity index (χ4n) is 1.83. The van der Waals surface area contributed by atoms with Crippen molar-refractivity contribution in [2.75, 3.05) is 10.6 Å². The minimum absolute atomic E-state index is 0.0170. The van der Waals surface area contributed by atoms with Crippen molar-refractivity contribution in [3.8, 4) is 11.8 Å². The number of benzene rings is 2. The van der Waals surface area contributed by atoms with Gasteiger partial charge in [0.2, 0.25) is 0 Å².